The van der Waals surface area contributed by atoms with Crippen molar-refractivity contribution in [1.29, 1.82) is 0 Å². The first kappa shape index (κ1) is 18.4. The van der Waals surface area contributed by atoms with Gasteiger partial charge in [0.2, 0.25) is 10.0 Å². The number of H-pyrrole nitrogens is 1. The highest BCUT2D eigenvalue weighted by Crippen LogP contribution is 2.22. The van der Waals surface area contributed by atoms with E-state index in [4.69, 9.17) is 11.6 Å². The van der Waals surface area contributed by atoms with E-state index in [1.165, 1.54) is 5.56 Å². The molecule has 0 atom stereocenters. The number of aromatic amines is 1. The lowest BCUT2D eigenvalue weighted by molar-refractivity contribution is 0.190. The Bertz CT molecular complexity index is 1030. The molecule has 0 radical (unpaired) electrons. The number of piperazine rings is 1. The largest absolute Gasteiger partial charge is 0.300 e. The topological polar surface area (TPSA) is 69.3 Å². The van der Waals surface area contributed by atoms with Gasteiger partial charge >= 0.3 is 0 Å². The van der Waals surface area contributed by atoms with Gasteiger partial charge in [-0.2, -0.15) is 9.40 Å². The van der Waals surface area contributed by atoms with Crippen molar-refractivity contribution >= 4 is 32.5 Å². The number of benzene rings is 2. The molecule has 0 amide bonds. The summed E-state index contributed by atoms with van der Waals surface area (Å²) >= 11 is 5.92. The Morgan fingerprint density at radius 3 is 2.52 bits per heavy atom. The molecule has 2 aromatic carbocycles. The molecular weight excluding hydrogens is 384 g/mol. The monoisotopic (exact) mass is 404 g/mol. The van der Waals surface area contributed by atoms with Gasteiger partial charge in [0.15, 0.2) is 0 Å². The number of fused-ring (bicyclic) bond motifs is 1. The van der Waals surface area contributed by atoms with E-state index in [1.54, 1.807) is 28.7 Å². The summed E-state index contributed by atoms with van der Waals surface area (Å²) in [5, 5.41) is 8.34. The minimum absolute atomic E-state index is 0.325. The predicted molar refractivity (Wildman–Crippen MR) is 106 cm³/mol. The Labute approximate surface area is 163 Å². The van der Waals surface area contributed by atoms with Gasteiger partial charge < -0.3 is 4.90 Å². The fourth-order valence-electron chi connectivity index (χ4n) is 3.36. The van der Waals surface area contributed by atoms with E-state index in [9.17, 15) is 8.42 Å². The summed E-state index contributed by atoms with van der Waals surface area (Å²) in [5.74, 6) is 0. The van der Waals surface area contributed by atoms with Crippen LogP contribution in [0.4, 0.5) is 0 Å². The minimum atomic E-state index is -3.48. The highest BCUT2D eigenvalue weighted by atomic mass is 35.5. The average molecular weight is 405 g/mol. The molecule has 4 rings (SSSR count). The van der Waals surface area contributed by atoms with Gasteiger partial charge in [-0.1, -0.05) is 23.7 Å². The number of hydrogen-bond acceptors (Lipinski definition) is 4. The van der Waals surface area contributed by atoms with Crippen LogP contribution >= 0.6 is 11.6 Å². The van der Waals surface area contributed by atoms with Crippen molar-refractivity contribution in [3.05, 3.63) is 59.2 Å². The van der Waals surface area contributed by atoms with Crippen molar-refractivity contribution in [1.82, 2.24) is 19.4 Å². The molecule has 0 spiro atoms. The number of sulfonamides is 1. The van der Waals surface area contributed by atoms with Crippen molar-refractivity contribution in [2.75, 3.05) is 32.7 Å². The first-order valence-electron chi connectivity index (χ1n) is 8.92. The molecule has 0 unspecified atom stereocenters. The zero-order chi connectivity index (χ0) is 18.9. The Balaban J connectivity index is 1.37. The second-order valence-electron chi connectivity index (χ2n) is 6.74. The fraction of sp³-hybridized carbons (Fsp3) is 0.316. The molecule has 0 saturated carbocycles. The highest BCUT2D eigenvalue weighted by molar-refractivity contribution is 7.89. The number of halogens is 1. The molecule has 1 aliphatic heterocycles. The molecule has 1 saturated heterocycles. The summed E-state index contributed by atoms with van der Waals surface area (Å²) in [5.41, 5.74) is 2.07. The van der Waals surface area contributed by atoms with Gasteiger partial charge in [0.25, 0.3) is 0 Å². The van der Waals surface area contributed by atoms with E-state index in [0.29, 0.717) is 18.0 Å². The summed E-state index contributed by atoms with van der Waals surface area (Å²) in [6, 6.07) is 13.0. The summed E-state index contributed by atoms with van der Waals surface area (Å²) in [4.78, 5) is 2.63. The van der Waals surface area contributed by atoms with E-state index in [2.05, 4.69) is 15.1 Å². The molecule has 1 aliphatic rings. The van der Waals surface area contributed by atoms with Crippen LogP contribution in [-0.4, -0.2) is 60.5 Å². The molecule has 0 bridgehead atoms. The third-order valence-corrected chi connectivity index (χ3v) is 7.16. The van der Waals surface area contributed by atoms with Crippen LogP contribution in [-0.2, 0) is 16.4 Å². The average Bonchev–Trinajstić information content (AvgIpc) is 3.16. The van der Waals surface area contributed by atoms with Crippen LogP contribution in [0.3, 0.4) is 0 Å². The normalized spacial score (nSPS) is 16.8. The number of hydrogen-bond donors (Lipinski definition) is 1. The summed E-state index contributed by atoms with van der Waals surface area (Å²) in [7, 11) is -3.48. The third-order valence-electron chi connectivity index (χ3n) is 5.01. The van der Waals surface area contributed by atoms with E-state index in [0.717, 1.165) is 42.0 Å². The molecule has 3 aromatic rings. The molecule has 1 aromatic heterocycles. The first-order chi connectivity index (χ1) is 13.0. The Hall–Kier alpha value is -1.93. The number of rotatable bonds is 5. The van der Waals surface area contributed by atoms with Crippen LogP contribution in [0.15, 0.2) is 53.6 Å². The van der Waals surface area contributed by atoms with Gasteiger partial charge in [-0.25, -0.2) is 8.42 Å². The van der Waals surface area contributed by atoms with Crippen LogP contribution in [0.1, 0.15) is 5.56 Å². The molecule has 27 heavy (non-hydrogen) atoms. The van der Waals surface area contributed by atoms with E-state index in [-0.39, 0.29) is 0 Å². The van der Waals surface area contributed by atoms with E-state index in [1.807, 2.05) is 24.3 Å². The van der Waals surface area contributed by atoms with Crippen molar-refractivity contribution in [2.45, 2.75) is 11.3 Å². The minimum Gasteiger partial charge on any atom is -0.300 e. The Morgan fingerprint density at radius 1 is 1.04 bits per heavy atom. The van der Waals surface area contributed by atoms with Crippen molar-refractivity contribution < 1.29 is 8.42 Å². The van der Waals surface area contributed by atoms with Crippen LogP contribution < -0.4 is 0 Å². The highest BCUT2D eigenvalue weighted by Gasteiger charge is 2.28. The van der Waals surface area contributed by atoms with E-state index >= 15 is 0 Å². The maximum atomic E-state index is 12.9. The molecule has 142 valence electrons. The van der Waals surface area contributed by atoms with Crippen LogP contribution in [0.2, 0.25) is 5.02 Å². The second-order valence-corrected chi connectivity index (χ2v) is 9.12. The second kappa shape index (κ2) is 7.59. The Morgan fingerprint density at radius 2 is 1.78 bits per heavy atom. The van der Waals surface area contributed by atoms with Crippen molar-refractivity contribution in [3.8, 4) is 0 Å². The standard InChI is InChI=1S/C19H21ClN4O2S/c20-17-3-1-15(2-4-17)7-8-23-9-11-24(12-10-23)27(25,26)18-5-6-19-16(13-18)14-21-22-19/h1-6,13-14H,7-12H2,(H,21,22). The predicted octanol–water partition coefficient (Wildman–Crippen LogP) is 2.77. The van der Waals surface area contributed by atoms with Crippen molar-refractivity contribution in [2.24, 2.45) is 0 Å². The lowest BCUT2D eigenvalue weighted by Crippen LogP contribution is -2.48. The summed E-state index contributed by atoms with van der Waals surface area (Å²) < 4.78 is 27.4. The van der Waals surface area contributed by atoms with Gasteiger partial charge in [-0.15, -0.1) is 0 Å². The number of nitrogens with one attached hydrogen (secondary N) is 1. The lowest BCUT2D eigenvalue weighted by Gasteiger charge is -2.34. The van der Waals surface area contributed by atoms with Gasteiger partial charge in [-0.05, 0) is 42.3 Å². The number of nitrogens with zero attached hydrogens (tertiary/aromatic N) is 3. The Kier molecular flexibility index (Phi) is 5.19. The smallest absolute Gasteiger partial charge is 0.243 e. The molecule has 1 N–H and O–H groups in total. The summed E-state index contributed by atoms with van der Waals surface area (Å²) in [6.07, 6.45) is 2.57. The molecule has 1 fully saturated rings. The van der Waals surface area contributed by atoms with Gasteiger partial charge in [0.1, 0.15) is 0 Å². The molecule has 2 heterocycles. The fourth-order valence-corrected chi connectivity index (χ4v) is 4.95. The van der Waals surface area contributed by atoms with Gasteiger partial charge in [0, 0.05) is 43.1 Å². The first-order valence-corrected chi connectivity index (χ1v) is 10.7. The van der Waals surface area contributed by atoms with Crippen LogP contribution in [0, 0.1) is 0 Å². The zero-order valence-electron chi connectivity index (χ0n) is 14.8. The zero-order valence-corrected chi connectivity index (χ0v) is 16.4. The maximum absolute atomic E-state index is 12.9. The molecule has 8 heteroatoms. The quantitative estimate of drug-likeness (QED) is 0.709. The molecular formula is C19H21ClN4O2S. The van der Waals surface area contributed by atoms with Gasteiger partial charge in [-0.3, -0.25) is 5.10 Å². The van der Waals surface area contributed by atoms with Crippen molar-refractivity contribution in [3.63, 3.8) is 0 Å². The number of aromatic nitrogens is 2. The SMILES string of the molecule is O=S(=O)(c1ccc2[nH]ncc2c1)N1CCN(CCc2ccc(Cl)cc2)CC1. The van der Waals surface area contributed by atoms with E-state index < -0.39 is 10.0 Å². The third kappa shape index (κ3) is 4.01. The lowest BCUT2D eigenvalue weighted by atomic mass is 10.1. The molecule has 6 nitrogen and oxygen atoms in total. The maximum Gasteiger partial charge on any atom is 0.243 e. The van der Waals surface area contributed by atoms with Crippen LogP contribution in [0.5, 0.6) is 0 Å². The summed E-state index contributed by atoms with van der Waals surface area (Å²) in [6.45, 7) is 3.40. The van der Waals surface area contributed by atoms with Gasteiger partial charge in [0.05, 0.1) is 16.6 Å². The van der Waals surface area contributed by atoms with Crippen LogP contribution in [0.25, 0.3) is 10.9 Å². The molecule has 0 aliphatic carbocycles.